The first-order valence-corrected chi connectivity index (χ1v) is 7.63. The van der Waals surface area contributed by atoms with Crippen molar-refractivity contribution in [1.82, 2.24) is 4.90 Å². The summed E-state index contributed by atoms with van der Waals surface area (Å²) in [6, 6.07) is 3.99. The Bertz CT molecular complexity index is 481. The Hall–Kier alpha value is -1.33. The molecule has 0 amide bonds. The van der Waals surface area contributed by atoms with E-state index in [0.29, 0.717) is 11.5 Å². The number of halogens is 2. The molecule has 0 aromatic heterocycles. The molecule has 2 rings (SSSR count). The molecule has 6 heteroatoms. The summed E-state index contributed by atoms with van der Waals surface area (Å²) in [4.78, 5) is 6.27. The number of nitrogens with zero attached hydrogens (tertiary/aromatic N) is 2. The number of aliphatic hydroxyl groups is 1. The lowest BCUT2D eigenvalue weighted by Gasteiger charge is -2.21. The van der Waals surface area contributed by atoms with Crippen LogP contribution in [0.15, 0.2) is 23.2 Å². The topological polar surface area (TPSA) is 61.9 Å². The molecule has 21 heavy (non-hydrogen) atoms. The van der Waals surface area contributed by atoms with Crippen LogP contribution in [0.3, 0.4) is 0 Å². The van der Waals surface area contributed by atoms with Gasteiger partial charge in [-0.1, -0.05) is 24.4 Å². The van der Waals surface area contributed by atoms with Crippen LogP contribution in [0, 0.1) is 5.82 Å². The first-order chi connectivity index (χ1) is 10.1. The van der Waals surface area contributed by atoms with E-state index in [0.717, 1.165) is 25.9 Å². The van der Waals surface area contributed by atoms with Crippen LogP contribution in [0.4, 0.5) is 4.39 Å². The van der Waals surface area contributed by atoms with E-state index in [-0.39, 0.29) is 11.6 Å². The minimum atomic E-state index is -0.913. The van der Waals surface area contributed by atoms with Gasteiger partial charge in [-0.25, -0.2) is 4.39 Å². The summed E-state index contributed by atoms with van der Waals surface area (Å²) in [7, 11) is 0. The number of benzene rings is 1. The highest BCUT2D eigenvalue weighted by Gasteiger charge is 2.13. The molecule has 1 unspecified atom stereocenters. The normalized spacial score (nSPS) is 18.4. The van der Waals surface area contributed by atoms with Gasteiger partial charge in [0.1, 0.15) is 5.82 Å². The van der Waals surface area contributed by atoms with Gasteiger partial charge in [0.15, 0.2) is 5.96 Å². The predicted octanol–water partition coefficient (Wildman–Crippen LogP) is 2.70. The second kappa shape index (κ2) is 7.61. The van der Waals surface area contributed by atoms with Gasteiger partial charge in [-0.2, -0.15) is 0 Å². The molecule has 1 atom stereocenters. The van der Waals surface area contributed by atoms with E-state index in [9.17, 15) is 9.50 Å². The summed E-state index contributed by atoms with van der Waals surface area (Å²) in [5.74, 6) is -0.0283. The standard InChI is InChI=1S/C15H21ClFN3O/c16-12-7-11(8-13(17)9-12)14(21)10-19-15(18)20-5-3-1-2-4-6-20/h7-9,14,21H,1-6,10H2,(H2,18,19). The molecule has 4 nitrogen and oxygen atoms in total. The lowest BCUT2D eigenvalue weighted by atomic mass is 10.1. The Morgan fingerprint density at radius 3 is 2.57 bits per heavy atom. The van der Waals surface area contributed by atoms with E-state index >= 15 is 0 Å². The SMILES string of the molecule is NC(=NCC(O)c1cc(F)cc(Cl)c1)N1CCCCCC1. The van der Waals surface area contributed by atoms with Crippen LogP contribution in [-0.2, 0) is 0 Å². The molecule has 1 saturated heterocycles. The van der Waals surface area contributed by atoms with Gasteiger partial charge in [-0.05, 0) is 36.6 Å². The van der Waals surface area contributed by atoms with Crippen molar-refractivity contribution in [2.24, 2.45) is 10.7 Å². The highest BCUT2D eigenvalue weighted by molar-refractivity contribution is 6.30. The molecule has 0 saturated carbocycles. The van der Waals surface area contributed by atoms with Crippen LogP contribution in [0.5, 0.6) is 0 Å². The molecule has 1 aliphatic rings. The highest BCUT2D eigenvalue weighted by Crippen LogP contribution is 2.20. The maximum absolute atomic E-state index is 13.3. The van der Waals surface area contributed by atoms with Gasteiger partial charge in [0, 0.05) is 18.1 Å². The molecule has 1 aromatic carbocycles. The van der Waals surface area contributed by atoms with Crippen molar-refractivity contribution in [2.45, 2.75) is 31.8 Å². The van der Waals surface area contributed by atoms with Gasteiger partial charge in [0.25, 0.3) is 0 Å². The maximum Gasteiger partial charge on any atom is 0.191 e. The first-order valence-electron chi connectivity index (χ1n) is 7.25. The van der Waals surface area contributed by atoms with Crippen LogP contribution < -0.4 is 5.73 Å². The molecule has 1 aliphatic heterocycles. The van der Waals surface area contributed by atoms with Gasteiger partial charge in [0.2, 0.25) is 0 Å². The molecule has 0 bridgehead atoms. The van der Waals surface area contributed by atoms with E-state index in [1.165, 1.54) is 31.0 Å². The largest absolute Gasteiger partial charge is 0.386 e. The molecule has 1 aromatic rings. The number of guanidine groups is 1. The van der Waals surface area contributed by atoms with Crippen molar-refractivity contribution in [3.05, 3.63) is 34.6 Å². The van der Waals surface area contributed by atoms with Gasteiger partial charge >= 0.3 is 0 Å². The Kier molecular flexibility index (Phi) is 5.82. The highest BCUT2D eigenvalue weighted by atomic mass is 35.5. The van der Waals surface area contributed by atoms with E-state index in [1.54, 1.807) is 0 Å². The number of hydrogen-bond acceptors (Lipinski definition) is 2. The monoisotopic (exact) mass is 313 g/mol. The molecule has 1 heterocycles. The third-order valence-electron chi connectivity index (χ3n) is 3.63. The van der Waals surface area contributed by atoms with E-state index < -0.39 is 11.9 Å². The van der Waals surface area contributed by atoms with E-state index in [2.05, 4.69) is 4.99 Å². The number of aliphatic hydroxyl groups excluding tert-OH is 1. The Balaban J connectivity index is 1.98. The van der Waals surface area contributed by atoms with Crippen LogP contribution >= 0.6 is 11.6 Å². The summed E-state index contributed by atoms with van der Waals surface area (Å²) in [6.07, 6.45) is 3.74. The van der Waals surface area contributed by atoms with Crippen LogP contribution in [-0.4, -0.2) is 35.6 Å². The van der Waals surface area contributed by atoms with Crippen LogP contribution in [0.2, 0.25) is 5.02 Å². The third-order valence-corrected chi connectivity index (χ3v) is 3.84. The van der Waals surface area contributed by atoms with Gasteiger partial charge in [-0.15, -0.1) is 0 Å². The molecule has 1 fully saturated rings. The Labute approximate surface area is 129 Å². The van der Waals surface area contributed by atoms with Crippen molar-refractivity contribution in [2.75, 3.05) is 19.6 Å². The zero-order valence-electron chi connectivity index (χ0n) is 11.9. The van der Waals surface area contributed by atoms with E-state index in [4.69, 9.17) is 17.3 Å². The van der Waals surface area contributed by atoms with Gasteiger partial charge in [0.05, 0.1) is 12.6 Å². The van der Waals surface area contributed by atoms with Gasteiger partial charge in [-0.3, -0.25) is 4.99 Å². The third kappa shape index (κ3) is 4.86. The van der Waals surface area contributed by atoms with Crippen LogP contribution in [0.25, 0.3) is 0 Å². The Morgan fingerprint density at radius 2 is 1.95 bits per heavy atom. The van der Waals surface area contributed by atoms with Crippen molar-refractivity contribution >= 4 is 17.6 Å². The van der Waals surface area contributed by atoms with E-state index in [1.807, 2.05) is 4.90 Å². The smallest absolute Gasteiger partial charge is 0.191 e. The average Bonchev–Trinajstić information content (AvgIpc) is 2.72. The fourth-order valence-electron chi connectivity index (χ4n) is 2.45. The van der Waals surface area contributed by atoms with Crippen LogP contribution in [0.1, 0.15) is 37.4 Å². The predicted molar refractivity (Wildman–Crippen MR) is 82.9 cm³/mol. The molecule has 0 radical (unpaired) electrons. The number of likely N-dealkylation sites (tertiary alicyclic amines) is 1. The van der Waals surface area contributed by atoms with Crippen molar-refractivity contribution in [3.63, 3.8) is 0 Å². The van der Waals surface area contributed by atoms with Crippen molar-refractivity contribution in [1.29, 1.82) is 0 Å². The summed E-state index contributed by atoms with van der Waals surface area (Å²) in [6.45, 7) is 1.90. The summed E-state index contributed by atoms with van der Waals surface area (Å²) in [5.41, 5.74) is 6.38. The summed E-state index contributed by atoms with van der Waals surface area (Å²) < 4.78 is 13.3. The lowest BCUT2D eigenvalue weighted by molar-refractivity contribution is 0.186. The fraction of sp³-hybridized carbons (Fsp3) is 0.533. The molecular formula is C15H21ClFN3O. The minimum Gasteiger partial charge on any atom is -0.386 e. The minimum absolute atomic E-state index is 0.0993. The zero-order valence-corrected chi connectivity index (χ0v) is 12.7. The summed E-state index contributed by atoms with van der Waals surface area (Å²) >= 11 is 5.78. The average molecular weight is 314 g/mol. The maximum atomic E-state index is 13.3. The molecule has 3 N–H and O–H groups in total. The lowest BCUT2D eigenvalue weighted by Crippen LogP contribution is -2.38. The quantitative estimate of drug-likeness (QED) is 0.666. The van der Waals surface area contributed by atoms with Crippen molar-refractivity contribution < 1.29 is 9.50 Å². The molecular weight excluding hydrogens is 293 g/mol. The van der Waals surface area contributed by atoms with Crippen molar-refractivity contribution in [3.8, 4) is 0 Å². The number of aliphatic imine (C=N–C) groups is 1. The number of nitrogens with two attached hydrogens (primary N) is 1. The Morgan fingerprint density at radius 1 is 1.29 bits per heavy atom. The first kappa shape index (κ1) is 16.0. The second-order valence-corrected chi connectivity index (χ2v) is 5.76. The molecule has 0 aliphatic carbocycles. The fourth-order valence-corrected chi connectivity index (χ4v) is 2.68. The number of hydrogen-bond donors (Lipinski definition) is 2. The zero-order chi connectivity index (χ0) is 15.2. The molecule has 116 valence electrons. The number of rotatable bonds is 3. The molecule has 0 spiro atoms. The van der Waals surface area contributed by atoms with Gasteiger partial charge < -0.3 is 15.7 Å². The summed E-state index contributed by atoms with van der Waals surface area (Å²) in [5, 5.41) is 10.3. The second-order valence-electron chi connectivity index (χ2n) is 5.32.